The fourth-order valence-electron chi connectivity index (χ4n) is 4.15. The van der Waals surface area contributed by atoms with Gasteiger partial charge in [-0.2, -0.15) is 26.3 Å². The first kappa shape index (κ1) is 27.0. The molecule has 182 valence electrons. The number of amides is 1. The quantitative estimate of drug-likeness (QED) is 0.544. The van der Waals surface area contributed by atoms with Crippen LogP contribution in [0.5, 0.6) is 0 Å². The Labute approximate surface area is 194 Å². The van der Waals surface area contributed by atoms with Crippen molar-refractivity contribution in [2.24, 2.45) is 5.92 Å². The Morgan fingerprint density at radius 2 is 1.64 bits per heavy atom. The van der Waals surface area contributed by atoms with Gasteiger partial charge in [0.25, 0.3) is 0 Å². The van der Waals surface area contributed by atoms with Crippen LogP contribution in [-0.2, 0) is 23.7 Å². The van der Waals surface area contributed by atoms with Crippen LogP contribution in [0.25, 0.3) is 0 Å². The molecule has 0 radical (unpaired) electrons. The maximum absolute atomic E-state index is 13.2. The third-order valence-corrected chi connectivity index (χ3v) is 5.71. The van der Waals surface area contributed by atoms with E-state index in [2.05, 4.69) is 5.32 Å². The highest BCUT2D eigenvalue weighted by Gasteiger charge is 2.38. The van der Waals surface area contributed by atoms with Gasteiger partial charge in [-0.15, -0.1) is 12.4 Å². The van der Waals surface area contributed by atoms with Gasteiger partial charge in [0, 0.05) is 32.0 Å². The number of benzene rings is 2. The molecular formula is C23H25ClF6N2O. The van der Waals surface area contributed by atoms with Gasteiger partial charge in [-0.05, 0) is 49.2 Å². The van der Waals surface area contributed by atoms with Crippen LogP contribution in [0.4, 0.5) is 26.3 Å². The molecule has 0 bridgehead atoms. The molecule has 1 aliphatic heterocycles. The number of hydrogen-bond donors (Lipinski definition) is 1. The van der Waals surface area contributed by atoms with E-state index in [-0.39, 0.29) is 42.4 Å². The Hall–Kier alpha value is -2.26. The normalized spacial score (nSPS) is 19.0. The summed E-state index contributed by atoms with van der Waals surface area (Å²) in [6.07, 6.45) is -9.33. The second-order valence-corrected chi connectivity index (χ2v) is 8.23. The lowest BCUT2D eigenvalue weighted by Gasteiger charge is -2.34. The summed E-state index contributed by atoms with van der Waals surface area (Å²) in [4.78, 5) is 14.4. The van der Waals surface area contributed by atoms with Crippen LogP contribution in [0.1, 0.15) is 40.2 Å². The number of rotatable bonds is 4. The molecular weight excluding hydrogens is 470 g/mol. The first-order valence-electron chi connectivity index (χ1n) is 10.2. The molecule has 1 heterocycles. The van der Waals surface area contributed by atoms with Crippen molar-refractivity contribution in [1.82, 2.24) is 10.2 Å². The van der Waals surface area contributed by atoms with E-state index in [1.165, 1.54) is 11.9 Å². The molecule has 33 heavy (non-hydrogen) atoms. The van der Waals surface area contributed by atoms with Crippen molar-refractivity contribution < 1.29 is 31.1 Å². The molecule has 10 heteroatoms. The highest BCUT2D eigenvalue weighted by molar-refractivity contribution is 5.85. The maximum Gasteiger partial charge on any atom is 0.416 e. The summed E-state index contributed by atoms with van der Waals surface area (Å²) in [5.74, 6) is -0.856. The summed E-state index contributed by atoms with van der Waals surface area (Å²) >= 11 is 0. The lowest BCUT2D eigenvalue weighted by molar-refractivity contribution is -0.143. The Balaban J connectivity index is 0.00000385. The molecule has 2 aromatic carbocycles. The molecule has 2 aromatic rings. The zero-order chi connectivity index (χ0) is 23.7. The van der Waals surface area contributed by atoms with E-state index < -0.39 is 29.4 Å². The van der Waals surface area contributed by atoms with Crippen LogP contribution in [0.15, 0.2) is 42.5 Å². The maximum atomic E-state index is 13.2. The van der Waals surface area contributed by atoms with Crippen molar-refractivity contribution in [3.63, 3.8) is 0 Å². The fourth-order valence-corrected chi connectivity index (χ4v) is 4.15. The Morgan fingerprint density at radius 3 is 2.18 bits per heavy atom. The van der Waals surface area contributed by atoms with Gasteiger partial charge >= 0.3 is 12.4 Å². The standard InChI is InChI=1S/C23H24F6N2O.ClH/c1-14-4-3-5-16(8-14)20-12-30-7-6-19(20)21(32)31(2)13-15-9-17(22(24,25)26)11-18(10-15)23(27,28)29;/h3-5,8-11,19-20,30H,6-7,12-13H2,1-2H3;1H/t19-,20-;/m0./s1. The Bertz CT molecular complexity index is 944. The van der Waals surface area contributed by atoms with Crippen molar-refractivity contribution in [3.8, 4) is 0 Å². The van der Waals surface area contributed by atoms with E-state index in [9.17, 15) is 31.1 Å². The van der Waals surface area contributed by atoms with Gasteiger partial charge in [-0.3, -0.25) is 4.79 Å². The smallest absolute Gasteiger partial charge is 0.341 e. The Morgan fingerprint density at radius 1 is 1.03 bits per heavy atom. The van der Waals surface area contributed by atoms with Crippen LogP contribution in [0.2, 0.25) is 0 Å². The summed E-state index contributed by atoms with van der Waals surface area (Å²) in [6.45, 7) is 2.76. The highest BCUT2D eigenvalue weighted by Crippen LogP contribution is 2.37. The summed E-state index contributed by atoms with van der Waals surface area (Å²) in [5.41, 5.74) is -0.979. The van der Waals surface area contributed by atoms with E-state index in [1.807, 2.05) is 31.2 Å². The third kappa shape index (κ3) is 6.63. The van der Waals surface area contributed by atoms with E-state index in [0.717, 1.165) is 11.1 Å². The third-order valence-electron chi connectivity index (χ3n) is 5.71. The average Bonchev–Trinajstić information content (AvgIpc) is 2.71. The fraction of sp³-hybridized carbons (Fsp3) is 0.435. The lowest BCUT2D eigenvalue weighted by Crippen LogP contribution is -2.43. The summed E-state index contributed by atoms with van der Waals surface area (Å²) < 4.78 is 78.8. The molecule has 0 spiro atoms. The molecule has 1 amide bonds. The first-order valence-corrected chi connectivity index (χ1v) is 10.2. The number of carbonyl (C=O) groups is 1. The van der Waals surface area contributed by atoms with Gasteiger partial charge in [0.1, 0.15) is 0 Å². The van der Waals surface area contributed by atoms with Gasteiger partial charge in [-0.25, -0.2) is 0 Å². The van der Waals surface area contributed by atoms with Gasteiger partial charge < -0.3 is 10.2 Å². The largest absolute Gasteiger partial charge is 0.416 e. The van der Waals surface area contributed by atoms with Crippen LogP contribution >= 0.6 is 12.4 Å². The van der Waals surface area contributed by atoms with Gasteiger partial charge in [-0.1, -0.05) is 29.8 Å². The molecule has 3 rings (SSSR count). The molecule has 0 aromatic heterocycles. The van der Waals surface area contributed by atoms with Crippen molar-refractivity contribution in [1.29, 1.82) is 0 Å². The van der Waals surface area contributed by atoms with Crippen LogP contribution in [-0.4, -0.2) is 30.9 Å². The minimum absolute atomic E-state index is 0. The number of nitrogens with one attached hydrogen (secondary N) is 1. The van der Waals surface area contributed by atoms with Crippen molar-refractivity contribution in [2.75, 3.05) is 20.1 Å². The highest BCUT2D eigenvalue weighted by atomic mass is 35.5. The number of aryl methyl sites for hydroxylation is 1. The lowest BCUT2D eigenvalue weighted by atomic mass is 9.80. The molecule has 1 N–H and O–H groups in total. The number of piperidine rings is 1. The zero-order valence-electron chi connectivity index (χ0n) is 18.1. The van der Waals surface area contributed by atoms with E-state index in [4.69, 9.17) is 0 Å². The summed E-state index contributed by atoms with van der Waals surface area (Å²) in [6, 6.07) is 9.17. The molecule has 0 aliphatic carbocycles. The van der Waals surface area contributed by atoms with Crippen LogP contribution < -0.4 is 5.32 Å². The second-order valence-electron chi connectivity index (χ2n) is 8.23. The predicted octanol–water partition coefficient (Wildman–Crippen LogP) is 5.81. The molecule has 1 saturated heterocycles. The van der Waals surface area contributed by atoms with Crippen molar-refractivity contribution >= 4 is 18.3 Å². The SMILES string of the molecule is Cc1cccc([C@@H]2CNCC[C@@H]2C(=O)N(C)Cc2cc(C(F)(F)F)cc(C(F)(F)F)c2)c1.Cl. The van der Waals surface area contributed by atoms with Crippen LogP contribution in [0, 0.1) is 12.8 Å². The molecule has 1 aliphatic rings. The number of halogens is 7. The monoisotopic (exact) mass is 494 g/mol. The molecule has 0 unspecified atom stereocenters. The van der Waals surface area contributed by atoms with E-state index >= 15 is 0 Å². The minimum Gasteiger partial charge on any atom is -0.341 e. The minimum atomic E-state index is -4.93. The van der Waals surface area contributed by atoms with E-state index in [0.29, 0.717) is 31.6 Å². The topological polar surface area (TPSA) is 32.3 Å². The Kier molecular flexibility index (Phi) is 8.46. The van der Waals surface area contributed by atoms with Gasteiger partial charge in [0.2, 0.25) is 5.91 Å². The van der Waals surface area contributed by atoms with Crippen molar-refractivity contribution in [2.45, 2.75) is 38.2 Å². The average molecular weight is 495 g/mol. The second kappa shape index (κ2) is 10.3. The molecule has 0 saturated carbocycles. The molecule has 2 atom stereocenters. The molecule has 3 nitrogen and oxygen atoms in total. The van der Waals surface area contributed by atoms with Crippen molar-refractivity contribution in [3.05, 3.63) is 70.3 Å². The first-order chi connectivity index (χ1) is 14.9. The number of alkyl halides is 6. The number of nitrogens with zero attached hydrogens (tertiary/aromatic N) is 1. The molecule has 1 fully saturated rings. The summed E-state index contributed by atoms with van der Waals surface area (Å²) in [7, 11) is 1.41. The number of carbonyl (C=O) groups excluding carboxylic acids is 1. The van der Waals surface area contributed by atoms with Crippen LogP contribution in [0.3, 0.4) is 0 Å². The predicted molar refractivity (Wildman–Crippen MR) is 115 cm³/mol. The number of hydrogen-bond acceptors (Lipinski definition) is 2. The summed E-state index contributed by atoms with van der Waals surface area (Å²) in [5, 5.41) is 3.25. The zero-order valence-corrected chi connectivity index (χ0v) is 18.9. The van der Waals surface area contributed by atoms with E-state index in [1.54, 1.807) is 0 Å². The van der Waals surface area contributed by atoms with Gasteiger partial charge in [0.15, 0.2) is 0 Å². The van der Waals surface area contributed by atoms with Gasteiger partial charge in [0.05, 0.1) is 11.1 Å².